The Kier molecular flexibility index (Phi) is 1.75. The Morgan fingerprint density at radius 2 is 2.20 bits per heavy atom. The van der Waals surface area contributed by atoms with Gasteiger partial charge < -0.3 is 5.11 Å². The summed E-state index contributed by atoms with van der Waals surface area (Å²) >= 11 is 0. The maximum Gasteiger partial charge on any atom is 0.126 e. The van der Waals surface area contributed by atoms with Crippen LogP contribution in [0.25, 0.3) is 10.9 Å². The van der Waals surface area contributed by atoms with Crippen molar-refractivity contribution in [3.63, 3.8) is 0 Å². The van der Waals surface area contributed by atoms with Gasteiger partial charge in [0.1, 0.15) is 5.75 Å². The van der Waals surface area contributed by atoms with Gasteiger partial charge in [-0.15, -0.1) is 0 Å². The molecule has 0 radical (unpaired) electrons. The van der Waals surface area contributed by atoms with Gasteiger partial charge >= 0.3 is 0 Å². The van der Waals surface area contributed by atoms with Gasteiger partial charge in [0, 0.05) is 13.0 Å². The van der Waals surface area contributed by atoms with Crippen LogP contribution in [-0.4, -0.2) is 14.9 Å². The Bertz CT molecular complexity index is 512. The lowest BCUT2D eigenvalue weighted by atomic mass is 9.81. The maximum atomic E-state index is 9.88. The highest BCUT2D eigenvalue weighted by Gasteiger charge is 2.26. The normalized spacial score (nSPS) is 16.9. The molecule has 0 aliphatic heterocycles. The summed E-state index contributed by atoms with van der Waals surface area (Å²) in [6.07, 6.45) is 3.75. The largest absolute Gasteiger partial charge is 0.507 e. The molecule has 0 spiro atoms. The third-order valence-electron chi connectivity index (χ3n) is 3.37. The number of rotatable bonds is 1. The lowest BCUT2D eigenvalue weighted by Gasteiger charge is -2.25. The summed E-state index contributed by atoms with van der Waals surface area (Å²) in [6.45, 7) is 0. The third-order valence-corrected chi connectivity index (χ3v) is 3.37. The zero-order valence-corrected chi connectivity index (χ0v) is 8.77. The van der Waals surface area contributed by atoms with Crippen LogP contribution in [0.5, 0.6) is 5.75 Å². The Morgan fingerprint density at radius 3 is 2.87 bits per heavy atom. The molecule has 3 nitrogen and oxygen atoms in total. The molecule has 3 heteroatoms. The smallest absolute Gasteiger partial charge is 0.126 e. The van der Waals surface area contributed by atoms with Gasteiger partial charge in [0.05, 0.1) is 16.6 Å². The van der Waals surface area contributed by atoms with Crippen LogP contribution in [0.1, 0.15) is 30.9 Å². The van der Waals surface area contributed by atoms with E-state index in [-0.39, 0.29) is 0 Å². The van der Waals surface area contributed by atoms with Crippen LogP contribution < -0.4 is 0 Å². The fraction of sp³-hybridized carbons (Fsp3) is 0.417. The molecule has 1 fully saturated rings. The molecule has 0 atom stereocenters. The summed E-state index contributed by atoms with van der Waals surface area (Å²) in [7, 11) is 1.97. The van der Waals surface area contributed by atoms with Crippen molar-refractivity contribution in [1.29, 1.82) is 0 Å². The Hall–Kier alpha value is -1.51. The van der Waals surface area contributed by atoms with Crippen molar-refractivity contribution >= 4 is 10.9 Å². The molecular weight excluding hydrogens is 188 g/mol. The Morgan fingerprint density at radius 1 is 1.40 bits per heavy atom. The van der Waals surface area contributed by atoms with E-state index in [0.717, 1.165) is 10.9 Å². The van der Waals surface area contributed by atoms with Crippen molar-refractivity contribution in [2.24, 2.45) is 7.05 Å². The average molecular weight is 202 g/mol. The molecule has 1 aliphatic carbocycles. The van der Waals surface area contributed by atoms with E-state index in [1.807, 2.05) is 23.9 Å². The number of fused-ring (bicyclic) bond motifs is 1. The lowest BCUT2D eigenvalue weighted by molar-refractivity contribution is 0.398. The minimum Gasteiger partial charge on any atom is -0.507 e. The number of hydrogen-bond acceptors (Lipinski definition) is 2. The highest BCUT2D eigenvalue weighted by Crippen LogP contribution is 2.41. The van der Waals surface area contributed by atoms with E-state index in [1.54, 1.807) is 6.07 Å². The summed E-state index contributed by atoms with van der Waals surface area (Å²) < 4.78 is 1.92. The molecule has 1 aromatic carbocycles. The second-order valence-corrected chi connectivity index (χ2v) is 4.31. The number of nitrogens with zero attached hydrogens (tertiary/aromatic N) is 2. The van der Waals surface area contributed by atoms with E-state index >= 15 is 0 Å². The van der Waals surface area contributed by atoms with Crippen LogP contribution in [0.3, 0.4) is 0 Å². The van der Waals surface area contributed by atoms with E-state index in [9.17, 15) is 5.11 Å². The molecule has 1 aromatic heterocycles. The quantitative estimate of drug-likeness (QED) is 0.771. The summed E-state index contributed by atoms with van der Waals surface area (Å²) in [5.74, 6) is 0.954. The SMILES string of the molecule is Cn1nc2cccc(O)c2c1C1CCC1. The molecule has 0 unspecified atom stereocenters. The first-order valence-corrected chi connectivity index (χ1v) is 5.42. The van der Waals surface area contributed by atoms with Crippen molar-refractivity contribution in [3.8, 4) is 5.75 Å². The molecule has 1 aliphatic rings. The topological polar surface area (TPSA) is 38.0 Å². The van der Waals surface area contributed by atoms with Gasteiger partial charge in [0.2, 0.25) is 0 Å². The first kappa shape index (κ1) is 8.77. The minimum absolute atomic E-state index is 0.363. The van der Waals surface area contributed by atoms with Gasteiger partial charge in [0.15, 0.2) is 0 Å². The summed E-state index contributed by atoms with van der Waals surface area (Å²) in [5, 5.41) is 15.3. The van der Waals surface area contributed by atoms with Crippen LogP contribution in [0.2, 0.25) is 0 Å². The fourth-order valence-corrected chi connectivity index (χ4v) is 2.40. The Balaban J connectivity index is 2.30. The number of benzene rings is 1. The van der Waals surface area contributed by atoms with E-state index in [4.69, 9.17) is 0 Å². The molecule has 0 bridgehead atoms. The monoisotopic (exact) mass is 202 g/mol. The minimum atomic E-state index is 0.363. The van der Waals surface area contributed by atoms with Gasteiger partial charge in [-0.3, -0.25) is 4.68 Å². The van der Waals surface area contributed by atoms with Crippen LogP contribution in [0.15, 0.2) is 18.2 Å². The predicted molar refractivity (Wildman–Crippen MR) is 59.0 cm³/mol. The van der Waals surface area contributed by atoms with Crippen molar-refractivity contribution in [3.05, 3.63) is 23.9 Å². The fourth-order valence-electron chi connectivity index (χ4n) is 2.40. The molecule has 1 N–H and O–H groups in total. The van der Waals surface area contributed by atoms with E-state index in [2.05, 4.69) is 5.10 Å². The number of aromatic hydroxyl groups is 1. The van der Waals surface area contributed by atoms with Crippen molar-refractivity contribution in [2.75, 3.05) is 0 Å². The van der Waals surface area contributed by atoms with Crippen LogP contribution in [-0.2, 0) is 7.05 Å². The van der Waals surface area contributed by atoms with Crippen LogP contribution in [0.4, 0.5) is 0 Å². The van der Waals surface area contributed by atoms with Gasteiger partial charge in [0.25, 0.3) is 0 Å². The molecule has 0 amide bonds. The van der Waals surface area contributed by atoms with Crippen LogP contribution >= 0.6 is 0 Å². The molecule has 0 saturated heterocycles. The molecule has 78 valence electrons. The van der Waals surface area contributed by atoms with Crippen molar-refractivity contribution in [2.45, 2.75) is 25.2 Å². The highest BCUT2D eigenvalue weighted by atomic mass is 16.3. The standard InChI is InChI=1S/C12H14N2O/c1-14-12(8-4-2-5-8)11-9(13-14)6-3-7-10(11)15/h3,6-8,15H,2,4-5H2,1H3. The van der Waals surface area contributed by atoms with E-state index < -0.39 is 0 Å². The predicted octanol–water partition coefficient (Wildman–Crippen LogP) is 2.55. The molecule has 3 rings (SSSR count). The maximum absolute atomic E-state index is 9.88. The summed E-state index contributed by atoms with van der Waals surface area (Å²) in [4.78, 5) is 0. The number of aromatic nitrogens is 2. The molecule has 1 saturated carbocycles. The summed E-state index contributed by atoms with van der Waals surface area (Å²) in [6, 6.07) is 5.54. The lowest BCUT2D eigenvalue weighted by Crippen LogP contribution is -2.13. The van der Waals surface area contributed by atoms with Gasteiger partial charge in [-0.2, -0.15) is 5.10 Å². The molecule has 1 heterocycles. The zero-order chi connectivity index (χ0) is 10.4. The van der Waals surface area contributed by atoms with Crippen LogP contribution in [0, 0.1) is 0 Å². The van der Waals surface area contributed by atoms with E-state index in [0.29, 0.717) is 11.7 Å². The first-order chi connectivity index (χ1) is 7.27. The summed E-state index contributed by atoms with van der Waals surface area (Å²) in [5.41, 5.74) is 2.11. The van der Waals surface area contributed by atoms with Gasteiger partial charge in [-0.05, 0) is 25.0 Å². The van der Waals surface area contributed by atoms with Crippen molar-refractivity contribution in [1.82, 2.24) is 9.78 Å². The van der Waals surface area contributed by atoms with E-state index in [1.165, 1.54) is 25.0 Å². The highest BCUT2D eigenvalue weighted by molar-refractivity contribution is 5.88. The average Bonchev–Trinajstić information content (AvgIpc) is 2.42. The second-order valence-electron chi connectivity index (χ2n) is 4.31. The molecule has 15 heavy (non-hydrogen) atoms. The van der Waals surface area contributed by atoms with Crippen molar-refractivity contribution < 1.29 is 5.11 Å². The number of phenols is 1. The molecular formula is C12H14N2O. The number of hydrogen-bond donors (Lipinski definition) is 1. The second kappa shape index (κ2) is 2.99. The van der Waals surface area contributed by atoms with Gasteiger partial charge in [-0.1, -0.05) is 12.5 Å². The molecule has 2 aromatic rings. The van der Waals surface area contributed by atoms with Gasteiger partial charge in [-0.25, -0.2) is 0 Å². The third kappa shape index (κ3) is 1.16. The number of aryl methyl sites for hydroxylation is 1. The zero-order valence-electron chi connectivity index (χ0n) is 8.77. The Labute approximate surface area is 88.3 Å². The number of phenolic OH excluding ortho intramolecular Hbond substituents is 1. The first-order valence-electron chi connectivity index (χ1n) is 5.42.